The molecule has 52 valence electrons. The summed E-state index contributed by atoms with van der Waals surface area (Å²) in [6.45, 7) is 1.71. The minimum Gasteiger partial charge on any atom is -0.416 e. The van der Waals surface area contributed by atoms with Gasteiger partial charge in [0.05, 0.1) is 11.8 Å². The highest BCUT2D eigenvalue weighted by molar-refractivity contribution is 7.99. The zero-order valence-electron chi connectivity index (χ0n) is 5.37. The Hall–Kier alpha value is -1.02. The van der Waals surface area contributed by atoms with E-state index in [0.717, 1.165) is 0 Å². The number of aromatic nitrogens is 2. The monoisotopic (exact) mass is 155 g/mol. The van der Waals surface area contributed by atoms with Crippen molar-refractivity contribution in [1.29, 1.82) is 5.26 Å². The van der Waals surface area contributed by atoms with Crippen LogP contribution in [0.5, 0.6) is 0 Å². The largest absolute Gasteiger partial charge is 0.416 e. The molecule has 0 fully saturated rings. The summed E-state index contributed by atoms with van der Waals surface area (Å²) in [4.78, 5) is 0. The van der Waals surface area contributed by atoms with Gasteiger partial charge < -0.3 is 4.42 Å². The van der Waals surface area contributed by atoms with Crippen molar-refractivity contribution in [3.63, 3.8) is 0 Å². The standard InChI is InChI=1S/C5H5N3OS/c1-4-7-8-5(9-4)10-3-2-6/h3H2,1H3. The van der Waals surface area contributed by atoms with Crippen LogP contribution in [0.25, 0.3) is 0 Å². The van der Waals surface area contributed by atoms with E-state index in [9.17, 15) is 0 Å². The molecule has 1 aromatic rings. The van der Waals surface area contributed by atoms with E-state index in [1.54, 1.807) is 6.92 Å². The topological polar surface area (TPSA) is 62.7 Å². The molecule has 0 N–H and O–H groups in total. The number of nitriles is 1. The lowest BCUT2D eigenvalue weighted by molar-refractivity contribution is 0.429. The second-order valence-electron chi connectivity index (χ2n) is 1.53. The lowest BCUT2D eigenvalue weighted by atomic mass is 10.8. The highest BCUT2D eigenvalue weighted by Crippen LogP contribution is 2.13. The zero-order valence-corrected chi connectivity index (χ0v) is 6.18. The van der Waals surface area contributed by atoms with E-state index >= 15 is 0 Å². The molecule has 0 unspecified atom stereocenters. The molecule has 0 radical (unpaired) electrons. The quantitative estimate of drug-likeness (QED) is 0.596. The summed E-state index contributed by atoms with van der Waals surface area (Å²) < 4.78 is 4.98. The van der Waals surface area contributed by atoms with Crippen molar-refractivity contribution >= 4 is 11.8 Å². The molecule has 1 heterocycles. The van der Waals surface area contributed by atoms with Gasteiger partial charge in [-0.25, -0.2) is 0 Å². The van der Waals surface area contributed by atoms with Crippen LogP contribution in [-0.2, 0) is 0 Å². The predicted molar refractivity (Wildman–Crippen MR) is 35.4 cm³/mol. The lowest BCUT2D eigenvalue weighted by Crippen LogP contribution is -1.72. The van der Waals surface area contributed by atoms with E-state index in [1.165, 1.54) is 11.8 Å². The van der Waals surface area contributed by atoms with E-state index in [1.807, 2.05) is 6.07 Å². The summed E-state index contributed by atoms with van der Waals surface area (Å²) in [5.74, 6) is 0.877. The number of thioether (sulfide) groups is 1. The first kappa shape index (κ1) is 7.09. The number of nitrogens with zero attached hydrogens (tertiary/aromatic N) is 3. The van der Waals surface area contributed by atoms with Gasteiger partial charge in [0.2, 0.25) is 5.89 Å². The first-order valence-corrected chi connectivity index (χ1v) is 3.61. The molecule has 0 aliphatic rings. The Morgan fingerprint density at radius 1 is 1.70 bits per heavy atom. The van der Waals surface area contributed by atoms with Gasteiger partial charge in [-0.3, -0.25) is 0 Å². The Balaban J connectivity index is 2.52. The molecule has 5 heteroatoms. The molecular formula is C5H5N3OS. The second-order valence-corrected chi connectivity index (χ2v) is 2.46. The Labute approximate surface area is 62.2 Å². The Morgan fingerprint density at radius 2 is 2.50 bits per heavy atom. The maximum atomic E-state index is 8.17. The summed E-state index contributed by atoms with van der Waals surface area (Å²) in [5.41, 5.74) is 0. The number of hydrogen-bond acceptors (Lipinski definition) is 5. The molecule has 0 bridgehead atoms. The van der Waals surface area contributed by atoms with Gasteiger partial charge in [0.15, 0.2) is 0 Å². The minimum atomic E-state index is 0.349. The molecule has 0 saturated heterocycles. The molecule has 0 amide bonds. The third-order valence-electron chi connectivity index (χ3n) is 0.768. The summed E-state index contributed by atoms with van der Waals surface area (Å²) in [5, 5.41) is 15.9. The van der Waals surface area contributed by atoms with E-state index in [0.29, 0.717) is 16.9 Å². The Kier molecular flexibility index (Phi) is 2.29. The normalized spacial score (nSPS) is 9.20. The van der Waals surface area contributed by atoms with E-state index < -0.39 is 0 Å². The first-order chi connectivity index (χ1) is 4.83. The fourth-order valence-corrected chi connectivity index (χ4v) is 0.897. The van der Waals surface area contributed by atoms with Crippen molar-refractivity contribution in [2.24, 2.45) is 0 Å². The minimum absolute atomic E-state index is 0.349. The Morgan fingerprint density at radius 3 is 3.00 bits per heavy atom. The lowest BCUT2D eigenvalue weighted by Gasteiger charge is -1.81. The van der Waals surface area contributed by atoms with Crippen molar-refractivity contribution in [1.82, 2.24) is 10.2 Å². The second kappa shape index (κ2) is 3.22. The van der Waals surface area contributed by atoms with Gasteiger partial charge in [-0.1, -0.05) is 11.8 Å². The van der Waals surface area contributed by atoms with Crippen molar-refractivity contribution in [2.75, 3.05) is 5.75 Å². The molecule has 0 aromatic carbocycles. The highest BCUT2D eigenvalue weighted by Gasteiger charge is 2.00. The van der Waals surface area contributed by atoms with E-state index in [2.05, 4.69) is 10.2 Å². The molecule has 1 rings (SSSR count). The fourth-order valence-electron chi connectivity index (χ4n) is 0.431. The van der Waals surface area contributed by atoms with Crippen LogP contribution in [0.3, 0.4) is 0 Å². The van der Waals surface area contributed by atoms with Crippen LogP contribution >= 0.6 is 11.8 Å². The van der Waals surface area contributed by atoms with Crippen LogP contribution in [0.1, 0.15) is 5.89 Å². The average Bonchev–Trinajstić information content (AvgIpc) is 2.31. The van der Waals surface area contributed by atoms with E-state index in [-0.39, 0.29) is 0 Å². The molecule has 1 aromatic heterocycles. The summed E-state index contributed by atoms with van der Waals surface area (Å²) in [6.07, 6.45) is 0. The number of rotatable bonds is 2. The third kappa shape index (κ3) is 1.74. The van der Waals surface area contributed by atoms with Gasteiger partial charge in [-0.2, -0.15) is 5.26 Å². The smallest absolute Gasteiger partial charge is 0.277 e. The first-order valence-electron chi connectivity index (χ1n) is 2.63. The third-order valence-corrected chi connectivity index (χ3v) is 1.45. The molecule has 10 heavy (non-hydrogen) atoms. The van der Waals surface area contributed by atoms with Crippen LogP contribution in [0.15, 0.2) is 9.64 Å². The SMILES string of the molecule is Cc1nnc(SCC#N)o1. The van der Waals surface area contributed by atoms with E-state index in [4.69, 9.17) is 9.68 Å². The van der Waals surface area contributed by atoms with Gasteiger partial charge in [0, 0.05) is 6.92 Å². The van der Waals surface area contributed by atoms with Crippen molar-refractivity contribution < 1.29 is 4.42 Å². The van der Waals surface area contributed by atoms with Crippen LogP contribution < -0.4 is 0 Å². The molecular weight excluding hydrogens is 150 g/mol. The van der Waals surface area contributed by atoms with Gasteiger partial charge >= 0.3 is 0 Å². The maximum absolute atomic E-state index is 8.17. The van der Waals surface area contributed by atoms with Crippen LogP contribution in [-0.4, -0.2) is 16.0 Å². The van der Waals surface area contributed by atoms with Crippen LogP contribution in [0.2, 0.25) is 0 Å². The fraction of sp³-hybridized carbons (Fsp3) is 0.400. The van der Waals surface area contributed by atoms with Gasteiger partial charge in [0.25, 0.3) is 5.22 Å². The van der Waals surface area contributed by atoms with Gasteiger partial charge in [-0.05, 0) is 0 Å². The predicted octanol–water partition coefficient (Wildman–Crippen LogP) is 0.994. The Bertz CT molecular complexity index is 252. The highest BCUT2D eigenvalue weighted by atomic mass is 32.2. The number of aryl methyl sites for hydroxylation is 1. The zero-order chi connectivity index (χ0) is 7.40. The van der Waals surface area contributed by atoms with Gasteiger partial charge in [-0.15, -0.1) is 10.2 Å². The molecule has 0 saturated carbocycles. The summed E-state index contributed by atoms with van der Waals surface area (Å²) in [6, 6.07) is 1.96. The van der Waals surface area contributed by atoms with Crippen molar-refractivity contribution in [2.45, 2.75) is 12.1 Å². The molecule has 0 aliphatic carbocycles. The molecule has 0 spiro atoms. The molecule has 4 nitrogen and oxygen atoms in total. The molecule has 0 aliphatic heterocycles. The van der Waals surface area contributed by atoms with Gasteiger partial charge in [0.1, 0.15) is 0 Å². The summed E-state index contributed by atoms with van der Waals surface area (Å²) in [7, 11) is 0. The number of hydrogen-bond donors (Lipinski definition) is 0. The summed E-state index contributed by atoms with van der Waals surface area (Å²) >= 11 is 1.24. The average molecular weight is 155 g/mol. The van der Waals surface area contributed by atoms with Crippen molar-refractivity contribution in [3.05, 3.63) is 5.89 Å². The molecule has 0 atom stereocenters. The van der Waals surface area contributed by atoms with Crippen LogP contribution in [0, 0.1) is 18.3 Å². The van der Waals surface area contributed by atoms with Crippen molar-refractivity contribution in [3.8, 4) is 6.07 Å². The maximum Gasteiger partial charge on any atom is 0.277 e. The van der Waals surface area contributed by atoms with Crippen LogP contribution in [0.4, 0.5) is 0 Å².